The molecule has 1 amide bonds. The maximum Gasteiger partial charge on any atom is 0.410 e. The Labute approximate surface area is 198 Å². The number of halogens is 2. The Kier molecular flexibility index (Phi) is 6.24. The Morgan fingerprint density at radius 3 is 2.59 bits per heavy atom. The maximum atomic E-state index is 12.3. The number of carbonyl (C=O) groups excluding carboxylic acids is 1. The van der Waals surface area contributed by atoms with Crippen LogP contribution < -0.4 is 0 Å². The number of hydrogen-bond donors (Lipinski definition) is 0. The Morgan fingerprint density at radius 1 is 1.16 bits per heavy atom. The lowest BCUT2D eigenvalue weighted by Crippen LogP contribution is -2.39. The Morgan fingerprint density at radius 2 is 1.94 bits per heavy atom. The van der Waals surface area contributed by atoms with Crippen LogP contribution in [0.1, 0.15) is 51.3 Å². The summed E-state index contributed by atoms with van der Waals surface area (Å²) < 4.78 is 7.48. The zero-order valence-corrected chi connectivity index (χ0v) is 20.2. The summed E-state index contributed by atoms with van der Waals surface area (Å²) in [5, 5.41) is 6.93. The minimum atomic E-state index is -0.492. The predicted octanol–water partition coefficient (Wildman–Crippen LogP) is 6.98. The van der Waals surface area contributed by atoms with E-state index in [-0.39, 0.29) is 12.1 Å². The van der Waals surface area contributed by atoms with Crippen LogP contribution in [0.25, 0.3) is 16.5 Å². The molecule has 4 rings (SSSR count). The van der Waals surface area contributed by atoms with Gasteiger partial charge in [-0.15, -0.1) is 0 Å². The lowest BCUT2D eigenvalue weighted by Gasteiger charge is -2.29. The van der Waals surface area contributed by atoms with Gasteiger partial charge in [0.2, 0.25) is 0 Å². The molecule has 0 fully saturated rings. The van der Waals surface area contributed by atoms with Crippen molar-refractivity contribution in [1.29, 1.82) is 0 Å². The number of benzene rings is 2. The van der Waals surface area contributed by atoms with Crippen LogP contribution in [-0.2, 0) is 4.74 Å². The number of amides is 1. The van der Waals surface area contributed by atoms with Gasteiger partial charge in [-0.05, 0) is 69.0 Å². The van der Waals surface area contributed by atoms with Crippen molar-refractivity contribution < 1.29 is 9.53 Å². The molecule has 0 saturated carbocycles. The molecule has 0 bridgehead atoms. The first-order valence-corrected chi connectivity index (χ1v) is 11.5. The van der Waals surface area contributed by atoms with Gasteiger partial charge in [-0.2, -0.15) is 5.10 Å². The normalized spacial score (nSPS) is 15.6. The molecule has 7 heteroatoms. The smallest absolute Gasteiger partial charge is 0.410 e. The molecule has 32 heavy (non-hydrogen) atoms. The monoisotopic (exact) mass is 471 g/mol. The van der Waals surface area contributed by atoms with Gasteiger partial charge in [-0.1, -0.05) is 47.5 Å². The highest BCUT2D eigenvalue weighted by Crippen LogP contribution is 2.32. The van der Waals surface area contributed by atoms with Gasteiger partial charge in [0.25, 0.3) is 0 Å². The summed E-state index contributed by atoms with van der Waals surface area (Å²) in [6.45, 7) is 8.89. The molecular weight excluding hydrogens is 445 g/mol. The minimum absolute atomic E-state index is 0.0458. The quantitative estimate of drug-likeness (QED) is 0.413. The fraction of sp³-hybridized carbons (Fsp3) is 0.360. The van der Waals surface area contributed by atoms with Gasteiger partial charge in [0.15, 0.2) is 0 Å². The van der Waals surface area contributed by atoms with E-state index in [0.29, 0.717) is 23.1 Å². The molecule has 2 aromatic carbocycles. The van der Waals surface area contributed by atoms with Gasteiger partial charge in [-0.3, -0.25) is 4.68 Å². The van der Waals surface area contributed by atoms with Crippen LogP contribution in [0, 0.1) is 0 Å². The zero-order valence-electron chi connectivity index (χ0n) is 18.7. The molecule has 0 saturated heterocycles. The van der Waals surface area contributed by atoms with Crippen LogP contribution in [0.2, 0.25) is 10.0 Å². The van der Waals surface area contributed by atoms with Crippen LogP contribution in [-0.4, -0.2) is 39.5 Å². The Balaban J connectivity index is 1.59. The minimum Gasteiger partial charge on any atom is -0.444 e. The molecule has 1 aromatic heterocycles. The van der Waals surface area contributed by atoms with Crippen LogP contribution in [0.5, 0.6) is 0 Å². The molecular formula is C25H27Cl2N3O2. The number of carbonyl (C=O) groups is 1. The van der Waals surface area contributed by atoms with Crippen LogP contribution in [0.3, 0.4) is 0 Å². The lowest BCUT2D eigenvalue weighted by molar-refractivity contribution is 0.0270. The molecule has 0 spiro atoms. The van der Waals surface area contributed by atoms with Crippen molar-refractivity contribution in [1.82, 2.24) is 14.7 Å². The average molecular weight is 472 g/mol. The van der Waals surface area contributed by atoms with Crippen LogP contribution in [0.4, 0.5) is 4.79 Å². The summed E-state index contributed by atoms with van der Waals surface area (Å²) in [6, 6.07) is 11.9. The summed E-state index contributed by atoms with van der Waals surface area (Å²) in [7, 11) is 0. The zero-order chi connectivity index (χ0) is 23.0. The van der Waals surface area contributed by atoms with Crippen molar-refractivity contribution in [2.45, 2.75) is 45.8 Å². The second-order valence-electron chi connectivity index (χ2n) is 9.11. The Hall–Kier alpha value is -2.50. The van der Waals surface area contributed by atoms with Gasteiger partial charge in [0, 0.05) is 28.5 Å². The van der Waals surface area contributed by atoms with E-state index in [1.807, 2.05) is 43.8 Å². The van der Waals surface area contributed by atoms with Gasteiger partial charge < -0.3 is 9.64 Å². The highest BCUT2D eigenvalue weighted by Gasteiger charge is 2.24. The van der Waals surface area contributed by atoms with Crippen molar-refractivity contribution in [3.8, 4) is 0 Å². The second-order valence-corrected chi connectivity index (χ2v) is 9.95. The van der Waals surface area contributed by atoms with Crippen molar-refractivity contribution in [2.24, 2.45) is 0 Å². The molecule has 5 nitrogen and oxygen atoms in total. The lowest BCUT2D eigenvalue weighted by atomic mass is 9.98. The molecule has 0 radical (unpaired) electrons. The van der Waals surface area contributed by atoms with E-state index in [1.54, 1.807) is 11.0 Å². The standard InChI is InChI=1S/C25H27Cl2N3O2/c1-16(21-8-7-20(26)14-22(21)27)30-23-13-18(5-6-19(23)15-28-30)17-9-11-29(12-10-17)24(31)32-25(2,3)4/h5-9,13-16H,10-12H2,1-4H3/t16-/m1/s1. The number of aromatic nitrogens is 2. The van der Waals surface area contributed by atoms with Crippen molar-refractivity contribution >= 4 is 45.8 Å². The summed E-state index contributed by atoms with van der Waals surface area (Å²) >= 11 is 12.5. The Bertz CT molecular complexity index is 1190. The molecule has 168 valence electrons. The largest absolute Gasteiger partial charge is 0.444 e. The first-order valence-electron chi connectivity index (χ1n) is 10.7. The van der Waals surface area contributed by atoms with Gasteiger partial charge in [0.1, 0.15) is 5.60 Å². The average Bonchev–Trinajstić information content (AvgIpc) is 3.15. The van der Waals surface area contributed by atoms with Gasteiger partial charge in [0.05, 0.1) is 17.8 Å². The molecule has 1 aliphatic rings. The molecule has 1 aliphatic heterocycles. The third kappa shape index (κ3) is 4.79. The van der Waals surface area contributed by atoms with E-state index in [0.717, 1.165) is 28.5 Å². The molecule has 0 unspecified atom stereocenters. The van der Waals surface area contributed by atoms with E-state index < -0.39 is 5.60 Å². The van der Waals surface area contributed by atoms with E-state index in [2.05, 4.69) is 36.3 Å². The van der Waals surface area contributed by atoms with Gasteiger partial charge in [-0.25, -0.2) is 4.79 Å². The number of ether oxygens (including phenoxy) is 1. The maximum absolute atomic E-state index is 12.3. The van der Waals surface area contributed by atoms with Crippen molar-refractivity contribution in [3.05, 3.63) is 69.8 Å². The number of hydrogen-bond acceptors (Lipinski definition) is 3. The van der Waals surface area contributed by atoms with E-state index >= 15 is 0 Å². The number of rotatable bonds is 3. The second kappa shape index (κ2) is 8.80. The topological polar surface area (TPSA) is 47.4 Å². The first-order chi connectivity index (χ1) is 15.1. The third-order valence-corrected chi connectivity index (χ3v) is 6.17. The predicted molar refractivity (Wildman–Crippen MR) is 130 cm³/mol. The molecule has 2 heterocycles. The summed E-state index contributed by atoms with van der Waals surface area (Å²) in [4.78, 5) is 14.1. The van der Waals surface area contributed by atoms with E-state index in [1.165, 1.54) is 5.57 Å². The van der Waals surface area contributed by atoms with Crippen molar-refractivity contribution in [3.63, 3.8) is 0 Å². The molecule has 0 N–H and O–H groups in total. The van der Waals surface area contributed by atoms with Gasteiger partial charge >= 0.3 is 6.09 Å². The van der Waals surface area contributed by atoms with E-state index in [9.17, 15) is 4.79 Å². The molecule has 3 aromatic rings. The summed E-state index contributed by atoms with van der Waals surface area (Å²) in [5.74, 6) is 0. The SMILES string of the molecule is C[C@H](c1ccc(Cl)cc1Cl)n1ncc2ccc(C3=CCN(C(=O)OC(C)(C)C)CC3)cc21. The molecule has 1 atom stereocenters. The van der Waals surface area contributed by atoms with Crippen molar-refractivity contribution in [2.75, 3.05) is 13.1 Å². The fourth-order valence-corrected chi connectivity index (χ4v) is 4.51. The van der Waals surface area contributed by atoms with Crippen LogP contribution >= 0.6 is 23.2 Å². The highest BCUT2D eigenvalue weighted by molar-refractivity contribution is 6.35. The first kappa shape index (κ1) is 22.7. The number of nitrogens with zero attached hydrogens (tertiary/aromatic N) is 3. The molecule has 0 aliphatic carbocycles. The number of fused-ring (bicyclic) bond motifs is 1. The van der Waals surface area contributed by atoms with E-state index in [4.69, 9.17) is 27.9 Å². The summed E-state index contributed by atoms with van der Waals surface area (Å²) in [6.07, 6.45) is 4.49. The highest BCUT2D eigenvalue weighted by atomic mass is 35.5. The fourth-order valence-electron chi connectivity index (χ4n) is 3.94. The third-order valence-electron chi connectivity index (χ3n) is 5.61. The van der Waals surface area contributed by atoms with Crippen LogP contribution in [0.15, 0.2) is 48.7 Å². The summed E-state index contributed by atoms with van der Waals surface area (Å²) in [5.41, 5.74) is 3.87.